The van der Waals surface area contributed by atoms with E-state index in [1.54, 1.807) is 0 Å². The lowest BCUT2D eigenvalue weighted by atomic mass is 9.72. The zero-order valence-electron chi connectivity index (χ0n) is 14.5. The maximum absolute atomic E-state index is 11.2. The smallest absolute Gasteiger partial charge is 0.306 e. The number of hydrogen-bond donors (Lipinski definition) is 1. The van der Waals surface area contributed by atoms with E-state index in [1.807, 2.05) is 7.11 Å². The van der Waals surface area contributed by atoms with Gasteiger partial charge in [0, 0.05) is 18.7 Å². The lowest BCUT2D eigenvalue weighted by Crippen LogP contribution is -2.63. The standard InChI is InChI=1S/C17H32N2O3/c1-5-17(19-10-7-13(8-11-19)16(20)21)9-6-14(18(2)3)12-15(17)22-4/h13-15H,5-12H2,1-4H3,(H,20,21). The first-order valence-electron chi connectivity index (χ1n) is 8.61. The van der Waals surface area contributed by atoms with Gasteiger partial charge in [0.2, 0.25) is 0 Å². The Labute approximate surface area is 134 Å². The van der Waals surface area contributed by atoms with Gasteiger partial charge in [-0.1, -0.05) is 6.92 Å². The van der Waals surface area contributed by atoms with Crippen LogP contribution in [0.3, 0.4) is 0 Å². The van der Waals surface area contributed by atoms with Gasteiger partial charge in [-0.3, -0.25) is 9.69 Å². The fourth-order valence-corrected chi connectivity index (χ4v) is 4.51. The average Bonchev–Trinajstić information content (AvgIpc) is 2.54. The first-order chi connectivity index (χ1) is 10.4. The number of aliphatic carboxylic acids is 1. The maximum atomic E-state index is 11.2. The van der Waals surface area contributed by atoms with Gasteiger partial charge in [-0.2, -0.15) is 0 Å². The van der Waals surface area contributed by atoms with E-state index < -0.39 is 5.97 Å². The molecule has 1 aliphatic heterocycles. The molecule has 22 heavy (non-hydrogen) atoms. The van der Waals surface area contributed by atoms with Crippen molar-refractivity contribution in [2.24, 2.45) is 5.92 Å². The van der Waals surface area contributed by atoms with E-state index in [9.17, 15) is 9.90 Å². The normalized spacial score (nSPS) is 35.0. The quantitative estimate of drug-likeness (QED) is 0.842. The number of carbonyl (C=O) groups is 1. The highest BCUT2D eigenvalue weighted by molar-refractivity contribution is 5.70. The van der Waals surface area contributed by atoms with Crippen LogP contribution in [-0.2, 0) is 9.53 Å². The van der Waals surface area contributed by atoms with Gasteiger partial charge in [0.15, 0.2) is 0 Å². The molecule has 0 amide bonds. The third kappa shape index (κ3) is 3.31. The van der Waals surface area contributed by atoms with Crippen LogP contribution in [0.2, 0.25) is 0 Å². The summed E-state index contributed by atoms with van der Waals surface area (Å²) in [6, 6.07) is 0.584. The average molecular weight is 312 g/mol. The summed E-state index contributed by atoms with van der Waals surface area (Å²) >= 11 is 0. The molecule has 5 nitrogen and oxygen atoms in total. The number of methoxy groups -OCH3 is 1. The van der Waals surface area contributed by atoms with Crippen LogP contribution in [0, 0.1) is 5.92 Å². The molecule has 1 aliphatic carbocycles. The Kier molecular flexibility index (Phi) is 5.86. The number of carboxylic acids is 1. The van der Waals surface area contributed by atoms with Crippen LogP contribution in [0.4, 0.5) is 0 Å². The number of ether oxygens (including phenoxy) is 1. The van der Waals surface area contributed by atoms with Crippen LogP contribution in [0.15, 0.2) is 0 Å². The third-order valence-electron chi connectivity index (χ3n) is 6.10. The van der Waals surface area contributed by atoms with Crippen molar-refractivity contribution in [3.63, 3.8) is 0 Å². The number of nitrogens with zero attached hydrogens (tertiary/aromatic N) is 2. The molecule has 1 saturated heterocycles. The van der Waals surface area contributed by atoms with E-state index in [2.05, 4.69) is 30.8 Å². The third-order valence-corrected chi connectivity index (χ3v) is 6.10. The highest BCUT2D eigenvalue weighted by atomic mass is 16.5. The fraction of sp³-hybridized carbons (Fsp3) is 0.941. The van der Waals surface area contributed by atoms with Crippen molar-refractivity contribution in [1.82, 2.24) is 9.80 Å². The number of rotatable bonds is 5. The van der Waals surface area contributed by atoms with Crippen molar-refractivity contribution in [2.45, 2.75) is 63.1 Å². The van der Waals surface area contributed by atoms with Gasteiger partial charge >= 0.3 is 5.97 Å². The number of carboxylic acid groups (broad SMARTS) is 1. The molecule has 128 valence electrons. The Morgan fingerprint density at radius 2 is 1.95 bits per heavy atom. The first-order valence-corrected chi connectivity index (χ1v) is 8.61. The summed E-state index contributed by atoms with van der Waals surface area (Å²) < 4.78 is 5.92. The fourth-order valence-electron chi connectivity index (χ4n) is 4.51. The van der Waals surface area contributed by atoms with Crippen LogP contribution in [-0.4, -0.2) is 72.9 Å². The molecule has 1 heterocycles. The zero-order valence-corrected chi connectivity index (χ0v) is 14.5. The molecule has 2 aliphatic rings. The Balaban J connectivity index is 2.10. The summed E-state index contributed by atoms with van der Waals surface area (Å²) in [5, 5.41) is 9.20. The Bertz CT molecular complexity index is 380. The molecule has 0 aromatic heterocycles. The first kappa shape index (κ1) is 17.7. The van der Waals surface area contributed by atoms with Gasteiger partial charge in [-0.05, 0) is 65.7 Å². The molecule has 0 aromatic rings. The molecule has 0 bridgehead atoms. The SMILES string of the molecule is CCC1(N2CCC(C(=O)O)CC2)CCC(N(C)C)CC1OC. The molecule has 2 rings (SSSR count). The molecule has 1 N–H and O–H groups in total. The van der Waals surface area contributed by atoms with Crippen LogP contribution in [0.25, 0.3) is 0 Å². The molecule has 0 aromatic carbocycles. The van der Waals surface area contributed by atoms with Crippen molar-refractivity contribution >= 4 is 5.97 Å². The predicted molar refractivity (Wildman–Crippen MR) is 87.1 cm³/mol. The van der Waals surface area contributed by atoms with Gasteiger partial charge in [-0.25, -0.2) is 0 Å². The van der Waals surface area contributed by atoms with E-state index in [0.717, 1.165) is 45.2 Å². The molecule has 0 spiro atoms. The summed E-state index contributed by atoms with van der Waals surface area (Å²) in [6.45, 7) is 4.03. The molecule has 5 heteroatoms. The summed E-state index contributed by atoms with van der Waals surface area (Å²) in [5.74, 6) is -0.797. The summed E-state index contributed by atoms with van der Waals surface area (Å²) in [6.07, 6.45) is 6.25. The van der Waals surface area contributed by atoms with Gasteiger partial charge in [-0.15, -0.1) is 0 Å². The lowest BCUT2D eigenvalue weighted by molar-refractivity contribution is -0.146. The minimum Gasteiger partial charge on any atom is -0.481 e. The summed E-state index contributed by atoms with van der Waals surface area (Å²) in [7, 11) is 6.13. The van der Waals surface area contributed by atoms with E-state index in [1.165, 1.54) is 6.42 Å². The van der Waals surface area contributed by atoms with Crippen LogP contribution in [0.1, 0.15) is 45.4 Å². The lowest BCUT2D eigenvalue weighted by Gasteiger charge is -2.54. The van der Waals surface area contributed by atoms with Crippen LogP contribution >= 0.6 is 0 Å². The Morgan fingerprint density at radius 3 is 2.41 bits per heavy atom. The molecule has 2 fully saturated rings. The van der Waals surface area contributed by atoms with E-state index in [-0.39, 0.29) is 17.6 Å². The van der Waals surface area contributed by atoms with Crippen LogP contribution in [0.5, 0.6) is 0 Å². The van der Waals surface area contributed by atoms with Crippen molar-refractivity contribution in [2.75, 3.05) is 34.3 Å². The summed E-state index contributed by atoms with van der Waals surface area (Å²) in [4.78, 5) is 16.0. The van der Waals surface area contributed by atoms with Gasteiger partial charge < -0.3 is 14.7 Å². The monoisotopic (exact) mass is 312 g/mol. The highest BCUT2D eigenvalue weighted by Gasteiger charge is 2.48. The largest absolute Gasteiger partial charge is 0.481 e. The molecular weight excluding hydrogens is 280 g/mol. The topological polar surface area (TPSA) is 53.0 Å². The van der Waals surface area contributed by atoms with E-state index in [0.29, 0.717) is 6.04 Å². The van der Waals surface area contributed by atoms with E-state index in [4.69, 9.17) is 4.74 Å². The molecule has 3 atom stereocenters. The zero-order chi connectivity index (χ0) is 16.3. The minimum atomic E-state index is -0.634. The second kappa shape index (κ2) is 7.28. The second-order valence-corrected chi connectivity index (χ2v) is 7.17. The minimum absolute atomic E-state index is 0.0880. The van der Waals surface area contributed by atoms with Gasteiger partial charge in [0.1, 0.15) is 0 Å². The van der Waals surface area contributed by atoms with Crippen molar-refractivity contribution < 1.29 is 14.6 Å². The molecular formula is C17H32N2O3. The van der Waals surface area contributed by atoms with Crippen molar-refractivity contribution in [1.29, 1.82) is 0 Å². The van der Waals surface area contributed by atoms with Crippen LogP contribution < -0.4 is 0 Å². The predicted octanol–water partition coefficient (Wildman–Crippen LogP) is 2.06. The molecule has 1 saturated carbocycles. The van der Waals surface area contributed by atoms with Crippen molar-refractivity contribution in [3.8, 4) is 0 Å². The number of likely N-dealkylation sites (tertiary alicyclic amines) is 1. The summed E-state index contributed by atoms with van der Waals surface area (Å²) in [5.41, 5.74) is 0.0880. The molecule has 0 radical (unpaired) electrons. The second-order valence-electron chi connectivity index (χ2n) is 7.17. The van der Waals surface area contributed by atoms with Gasteiger partial charge in [0.05, 0.1) is 12.0 Å². The molecule has 3 unspecified atom stereocenters. The van der Waals surface area contributed by atoms with E-state index >= 15 is 0 Å². The Morgan fingerprint density at radius 1 is 1.32 bits per heavy atom. The maximum Gasteiger partial charge on any atom is 0.306 e. The number of hydrogen-bond acceptors (Lipinski definition) is 4. The van der Waals surface area contributed by atoms with Gasteiger partial charge in [0.25, 0.3) is 0 Å². The Hall–Kier alpha value is -0.650. The number of piperidine rings is 1. The van der Waals surface area contributed by atoms with Crippen molar-refractivity contribution in [3.05, 3.63) is 0 Å². The highest BCUT2D eigenvalue weighted by Crippen LogP contribution is 2.41.